The lowest BCUT2D eigenvalue weighted by molar-refractivity contribution is -0.121. The van der Waals surface area contributed by atoms with E-state index in [1.807, 2.05) is 6.92 Å². The lowest BCUT2D eigenvalue weighted by Gasteiger charge is -2.34. The van der Waals surface area contributed by atoms with Gasteiger partial charge in [0.05, 0.1) is 18.6 Å². The smallest absolute Gasteiger partial charge is 0.263 e. The van der Waals surface area contributed by atoms with E-state index in [-0.39, 0.29) is 5.41 Å². The minimum Gasteiger partial charge on any atom is -0.494 e. The Morgan fingerprint density at radius 3 is 2.27 bits per heavy atom. The average molecular weight is 438 g/mol. The Morgan fingerprint density at radius 1 is 1.23 bits per heavy atom. The van der Waals surface area contributed by atoms with Crippen LogP contribution >= 0.6 is 0 Å². The molecule has 0 saturated heterocycles. The average Bonchev–Trinajstić information content (AvgIpc) is 2.66. The summed E-state index contributed by atoms with van der Waals surface area (Å²) in [4.78, 5) is 12.7. The number of sulfonamides is 1. The first-order valence-electron chi connectivity index (χ1n) is 10.5. The van der Waals surface area contributed by atoms with Crippen molar-refractivity contribution in [2.75, 3.05) is 17.2 Å². The Hall–Kier alpha value is -2.09. The van der Waals surface area contributed by atoms with E-state index in [1.165, 1.54) is 0 Å². The van der Waals surface area contributed by atoms with E-state index in [0.29, 0.717) is 24.0 Å². The molecule has 8 heteroatoms. The molecule has 0 aromatic heterocycles. The van der Waals surface area contributed by atoms with Crippen LogP contribution in [0.5, 0.6) is 5.75 Å². The van der Waals surface area contributed by atoms with Crippen LogP contribution in [-0.2, 0) is 14.8 Å². The minimum absolute atomic E-state index is 0.275. The molecule has 168 valence electrons. The molecule has 0 heterocycles. The highest BCUT2D eigenvalue weighted by Crippen LogP contribution is 2.36. The van der Waals surface area contributed by atoms with Crippen molar-refractivity contribution in [3.8, 4) is 5.75 Å². The third kappa shape index (κ3) is 6.45. The molecule has 0 spiro atoms. The molecule has 7 nitrogen and oxygen atoms in total. The topological polar surface area (TPSA) is 88.1 Å². The number of ether oxygens (including phenoxy) is 1. The molecule has 0 radical (unpaired) electrons. The van der Waals surface area contributed by atoms with Gasteiger partial charge in [-0.05, 0) is 75.1 Å². The first kappa shape index (κ1) is 24.2. The number of carbonyl (C=O) groups is 1. The highest BCUT2D eigenvalue weighted by Gasteiger charge is 2.30. The number of nitrogens with zero attached hydrogens (tertiary/aromatic N) is 2. The number of benzene rings is 1. The zero-order chi connectivity index (χ0) is 22.5. The molecule has 1 fully saturated rings. The number of amides is 1. The highest BCUT2D eigenvalue weighted by molar-refractivity contribution is 7.92. The Bertz CT molecular complexity index is 847. The number of hydrogen-bond donors (Lipinski definition) is 1. The minimum atomic E-state index is -3.67. The zero-order valence-electron chi connectivity index (χ0n) is 18.9. The van der Waals surface area contributed by atoms with E-state index in [9.17, 15) is 13.2 Å². The first-order valence-corrected chi connectivity index (χ1v) is 12.4. The van der Waals surface area contributed by atoms with Gasteiger partial charge in [0.25, 0.3) is 5.91 Å². The molecule has 1 amide bonds. The molecular weight excluding hydrogens is 402 g/mol. The molecule has 0 unspecified atom stereocenters. The van der Waals surface area contributed by atoms with Crippen LogP contribution in [0.1, 0.15) is 60.3 Å². The quantitative estimate of drug-likeness (QED) is 0.654. The van der Waals surface area contributed by atoms with Crippen molar-refractivity contribution < 1.29 is 17.9 Å². The molecular formula is C22H35N3O4S. The largest absolute Gasteiger partial charge is 0.494 e. The summed E-state index contributed by atoms with van der Waals surface area (Å²) < 4.78 is 31.3. The third-order valence-corrected chi connectivity index (χ3v) is 6.84. The Kier molecular flexibility index (Phi) is 7.91. The van der Waals surface area contributed by atoms with Crippen LogP contribution in [0.3, 0.4) is 0 Å². The van der Waals surface area contributed by atoms with Crippen molar-refractivity contribution in [2.45, 2.75) is 66.3 Å². The summed E-state index contributed by atoms with van der Waals surface area (Å²) >= 11 is 0. The van der Waals surface area contributed by atoms with Crippen LogP contribution in [0.4, 0.5) is 5.69 Å². The summed E-state index contributed by atoms with van der Waals surface area (Å²) in [5.41, 5.74) is 4.22. The fourth-order valence-corrected chi connectivity index (χ4v) is 5.00. The molecule has 1 saturated carbocycles. The van der Waals surface area contributed by atoms with E-state index in [0.717, 1.165) is 42.0 Å². The molecule has 1 atom stereocenters. The van der Waals surface area contributed by atoms with Gasteiger partial charge >= 0.3 is 0 Å². The molecule has 1 aliphatic rings. The van der Waals surface area contributed by atoms with Gasteiger partial charge in [-0.1, -0.05) is 20.8 Å². The second kappa shape index (κ2) is 9.81. The zero-order valence-corrected chi connectivity index (χ0v) is 19.8. The van der Waals surface area contributed by atoms with Gasteiger partial charge in [0.1, 0.15) is 11.8 Å². The maximum atomic E-state index is 12.7. The van der Waals surface area contributed by atoms with Crippen LogP contribution in [0.2, 0.25) is 0 Å². The van der Waals surface area contributed by atoms with Crippen LogP contribution in [0, 0.1) is 11.3 Å². The molecule has 1 aromatic carbocycles. The maximum absolute atomic E-state index is 12.7. The molecule has 1 N–H and O–H groups in total. The van der Waals surface area contributed by atoms with Crippen molar-refractivity contribution in [2.24, 2.45) is 16.4 Å². The van der Waals surface area contributed by atoms with Crippen molar-refractivity contribution in [3.63, 3.8) is 0 Å². The summed E-state index contributed by atoms with van der Waals surface area (Å²) in [6.45, 7) is 10.7. The lowest BCUT2D eigenvalue weighted by atomic mass is 9.72. The number of anilines is 1. The van der Waals surface area contributed by atoms with Crippen LogP contribution in [0.15, 0.2) is 29.4 Å². The SMILES string of the molecule is CCOc1ccc(N([C@@H](C)C(=O)NN=C2CCC(C(C)(C)C)CC2)S(C)(=O)=O)cc1. The van der Waals surface area contributed by atoms with Gasteiger partial charge in [0.2, 0.25) is 10.0 Å². The Morgan fingerprint density at radius 2 is 1.80 bits per heavy atom. The summed E-state index contributed by atoms with van der Waals surface area (Å²) in [6.07, 6.45) is 4.90. The molecule has 1 aliphatic carbocycles. The second-order valence-electron chi connectivity index (χ2n) is 8.96. The number of carbonyl (C=O) groups excluding carboxylic acids is 1. The number of hydrazone groups is 1. The van der Waals surface area contributed by atoms with Gasteiger partial charge in [-0.25, -0.2) is 13.8 Å². The summed E-state index contributed by atoms with van der Waals surface area (Å²) in [5, 5.41) is 4.29. The van der Waals surface area contributed by atoms with E-state index < -0.39 is 22.0 Å². The fraction of sp³-hybridized carbons (Fsp3) is 0.636. The predicted molar refractivity (Wildman–Crippen MR) is 121 cm³/mol. The molecule has 2 rings (SSSR count). The van der Waals surface area contributed by atoms with Gasteiger partial charge in [-0.2, -0.15) is 5.10 Å². The van der Waals surface area contributed by atoms with E-state index >= 15 is 0 Å². The highest BCUT2D eigenvalue weighted by atomic mass is 32.2. The molecule has 0 bridgehead atoms. The summed E-state index contributed by atoms with van der Waals surface area (Å²) in [5.74, 6) is 0.829. The van der Waals surface area contributed by atoms with Crippen LogP contribution in [-0.4, -0.2) is 38.9 Å². The van der Waals surface area contributed by atoms with E-state index in [1.54, 1.807) is 31.2 Å². The van der Waals surface area contributed by atoms with Crippen LogP contribution < -0.4 is 14.5 Å². The van der Waals surface area contributed by atoms with Gasteiger partial charge < -0.3 is 4.74 Å². The number of rotatable bonds is 7. The molecule has 0 aliphatic heterocycles. The van der Waals surface area contributed by atoms with E-state index in [4.69, 9.17) is 4.74 Å². The third-order valence-electron chi connectivity index (χ3n) is 5.60. The van der Waals surface area contributed by atoms with Crippen molar-refractivity contribution in [1.82, 2.24) is 5.43 Å². The Balaban J connectivity index is 2.08. The second-order valence-corrected chi connectivity index (χ2v) is 10.8. The van der Waals surface area contributed by atoms with Gasteiger partial charge in [0.15, 0.2) is 0 Å². The standard InChI is InChI=1S/C22H35N3O4S/c1-7-29-20-14-12-19(13-15-20)25(30(6,27)28)16(2)21(26)24-23-18-10-8-17(9-11-18)22(3,4)5/h12-17H,7-11H2,1-6H3,(H,24,26)/t16-,17?/m0/s1. The summed E-state index contributed by atoms with van der Waals surface area (Å²) in [7, 11) is -3.67. The number of hydrogen-bond acceptors (Lipinski definition) is 5. The van der Waals surface area contributed by atoms with Gasteiger partial charge in [0, 0.05) is 5.71 Å². The van der Waals surface area contributed by atoms with Crippen molar-refractivity contribution in [3.05, 3.63) is 24.3 Å². The molecule has 1 aromatic rings. The van der Waals surface area contributed by atoms with Crippen molar-refractivity contribution >= 4 is 27.3 Å². The normalized spacial score (nSPS) is 18.5. The van der Waals surface area contributed by atoms with Crippen molar-refractivity contribution in [1.29, 1.82) is 0 Å². The first-order chi connectivity index (χ1) is 13.9. The lowest BCUT2D eigenvalue weighted by Crippen LogP contribution is -2.47. The number of nitrogens with one attached hydrogen (secondary N) is 1. The predicted octanol–water partition coefficient (Wildman–Crippen LogP) is 3.95. The monoisotopic (exact) mass is 437 g/mol. The van der Waals surface area contributed by atoms with E-state index in [2.05, 4.69) is 31.3 Å². The van der Waals surface area contributed by atoms with Gasteiger partial charge in [-0.3, -0.25) is 9.10 Å². The maximum Gasteiger partial charge on any atom is 0.263 e. The molecule has 30 heavy (non-hydrogen) atoms. The Labute approximate surface area is 180 Å². The fourth-order valence-electron chi connectivity index (χ4n) is 3.82. The van der Waals surface area contributed by atoms with Gasteiger partial charge in [-0.15, -0.1) is 0 Å². The van der Waals surface area contributed by atoms with Crippen LogP contribution in [0.25, 0.3) is 0 Å². The summed E-state index contributed by atoms with van der Waals surface area (Å²) in [6, 6.07) is 5.71.